The van der Waals surface area contributed by atoms with E-state index in [0.717, 1.165) is 0 Å². The molecule has 0 aliphatic carbocycles. The molecule has 0 aromatic carbocycles. The second-order valence-electron chi connectivity index (χ2n) is 5.33. The van der Waals surface area contributed by atoms with Crippen molar-refractivity contribution in [1.29, 1.82) is 0 Å². The zero-order chi connectivity index (χ0) is 15.7. The number of fused-ring (bicyclic) bond motifs is 1. The molecule has 9 heteroatoms. The molecule has 0 saturated carbocycles. The van der Waals surface area contributed by atoms with Crippen molar-refractivity contribution in [1.82, 2.24) is 19.6 Å². The Hall–Kier alpha value is -0.970. The van der Waals surface area contributed by atoms with Gasteiger partial charge in [-0.05, 0) is 13.8 Å². The van der Waals surface area contributed by atoms with Crippen LogP contribution in [0.1, 0.15) is 13.8 Å². The van der Waals surface area contributed by atoms with Crippen LogP contribution in [0.3, 0.4) is 0 Å². The van der Waals surface area contributed by atoms with Gasteiger partial charge < -0.3 is 19.7 Å². The Labute approximate surface area is 124 Å². The maximum absolute atomic E-state index is 12.5. The van der Waals surface area contributed by atoms with E-state index in [1.54, 1.807) is 18.9 Å². The fourth-order valence-corrected chi connectivity index (χ4v) is 3.05. The SMILES string of the molecule is COCN1CN(C(C)O)C2C1N(COC)C(=O)N2C(C)O. The molecule has 2 amide bonds. The van der Waals surface area contributed by atoms with E-state index in [1.165, 1.54) is 23.8 Å². The summed E-state index contributed by atoms with van der Waals surface area (Å²) in [6.07, 6.45) is -2.52. The summed E-state index contributed by atoms with van der Waals surface area (Å²) in [6.45, 7) is 4.02. The first-order chi connectivity index (χ1) is 9.93. The third kappa shape index (κ3) is 2.72. The van der Waals surface area contributed by atoms with Gasteiger partial charge in [0.05, 0.1) is 6.67 Å². The van der Waals surface area contributed by atoms with Gasteiger partial charge in [-0.15, -0.1) is 0 Å². The summed E-state index contributed by atoms with van der Waals surface area (Å²) < 4.78 is 10.3. The van der Waals surface area contributed by atoms with Crippen molar-refractivity contribution in [3.8, 4) is 0 Å². The van der Waals surface area contributed by atoms with Gasteiger partial charge in [-0.1, -0.05) is 0 Å². The Balaban J connectivity index is 2.36. The van der Waals surface area contributed by atoms with Gasteiger partial charge in [0.2, 0.25) is 0 Å². The molecule has 0 aromatic heterocycles. The highest BCUT2D eigenvalue weighted by Crippen LogP contribution is 2.35. The van der Waals surface area contributed by atoms with Crippen LogP contribution in [-0.2, 0) is 9.47 Å². The highest BCUT2D eigenvalue weighted by molar-refractivity contribution is 5.78. The minimum atomic E-state index is -0.962. The van der Waals surface area contributed by atoms with Crippen LogP contribution < -0.4 is 0 Å². The molecule has 9 nitrogen and oxygen atoms in total. The number of hydrogen-bond donors (Lipinski definition) is 2. The molecule has 2 fully saturated rings. The Morgan fingerprint density at radius 1 is 1.14 bits per heavy atom. The van der Waals surface area contributed by atoms with Crippen molar-refractivity contribution in [3.05, 3.63) is 0 Å². The first-order valence-electron chi connectivity index (χ1n) is 6.86. The quantitative estimate of drug-likeness (QED) is 0.639. The molecule has 2 rings (SSSR count). The zero-order valence-electron chi connectivity index (χ0n) is 12.8. The second kappa shape index (κ2) is 6.42. The molecule has 2 N–H and O–H groups in total. The number of carbonyl (C=O) groups excluding carboxylic acids is 1. The Kier molecular flexibility index (Phi) is 5.02. The molecule has 0 bridgehead atoms. The van der Waals surface area contributed by atoms with Crippen molar-refractivity contribution in [2.45, 2.75) is 38.6 Å². The van der Waals surface area contributed by atoms with Crippen LogP contribution in [0, 0.1) is 0 Å². The Morgan fingerprint density at radius 2 is 1.76 bits per heavy atom. The minimum absolute atomic E-state index is 0.108. The Bertz CT molecular complexity index is 381. The molecule has 0 aromatic rings. The summed E-state index contributed by atoms with van der Waals surface area (Å²) in [5, 5.41) is 19.9. The van der Waals surface area contributed by atoms with E-state index in [0.29, 0.717) is 13.4 Å². The van der Waals surface area contributed by atoms with Gasteiger partial charge in [0.1, 0.15) is 38.2 Å². The molecule has 122 valence electrons. The van der Waals surface area contributed by atoms with E-state index >= 15 is 0 Å². The van der Waals surface area contributed by atoms with Crippen molar-refractivity contribution >= 4 is 6.03 Å². The number of hydrogen-bond acceptors (Lipinski definition) is 7. The van der Waals surface area contributed by atoms with Crippen LogP contribution >= 0.6 is 0 Å². The van der Waals surface area contributed by atoms with Gasteiger partial charge in [0.15, 0.2) is 0 Å². The number of amides is 2. The molecule has 2 saturated heterocycles. The topological polar surface area (TPSA) is 88.9 Å². The lowest BCUT2D eigenvalue weighted by atomic mass is 10.3. The fraction of sp³-hybridized carbons (Fsp3) is 0.917. The number of ether oxygens (including phenoxy) is 2. The van der Waals surface area contributed by atoms with Crippen LogP contribution in [0.5, 0.6) is 0 Å². The number of carbonyl (C=O) groups is 1. The summed E-state index contributed by atoms with van der Waals surface area (Å²) in [5.74, 6) is 0. The van der Waals surface area contributed by atoms with Gasteiger partial charge in [-0.25, -0.2) is 14.6 Å². The molecule has 4 atom stereocenters. The van der Waals surface area contributed by atoms with Crippen LogP contribution in [0.25, 0.3) is 0 Å². The molecule has 2 heterocycles. The van der Waals surface area contributed by atoms with Crippen molar-refractivity contribution in [3.63, 3.8) is 0 Å². The highest BCUT2D eigenvalue weighted by atomic mass is 16.5. The lowest BCUT2D eigenvalue weighted by Gasteiger charge is -2.32. The maximum Gasteiger partial charge on any atom is 0.326 e. The van der Waals surface area contributed by atoms with Crippen LogP contribution in [0.4, 0.5) is 4.79 Å². The predicted octanol–water partition coefficient (Wildman–Crippen LogP) is -1.16. The van der Waals surface area contributed by atoms with E-state index in [9.17, 15) is 15.0 Å². The molecule has 4 unspecified atom stereocenters. The molecule has 21 heavy (non-hydrogen) atoms. The first-order valence-corrected chi connectivity index (χ1v) is 6.86. The largest absolute Gasteiger partial charge is 0.379 e. The third-order valence-corrected chi connectivity index (χ3v) is 3.84. The third-order valence-electron chi connectivity index (χ3n) is 3.84. The van der Waals surface area contributed by atoms with Crippen molar-refractivity contribution in [2.75, 3.05) is 34.3 Å². The van der Waals surface area contributed by atoms with Gasteiger partial charge >= 0.3 is 6.03 Å². The number of aliphatic hydroxyl groups excluding tert-OH is 2. The predicted molar refractivity (Wildman–Crippen MR) is 72.3 cm³/mol. The standard InChI is InChI=1S/C12H24N4O5/c1-8(17)14-5-13(6-20-3)10-11(14)16(9(2)18)12(19)15(10)7-21-4/h8-11,17-18H,5-7H2,1-4H3. The first kappa shape index (κ1) is 16.4. The smallest absolute Gasteiger partial charge is 0.326 e. The Morgan fingerprint density at radius 3 is 2.24 bits per heavy atom. The van der Waals surface area contributed by atoms with Crippen molar-refractivity contribution in [2.24, 2.45) is 0 Å². The molecule has 0 radical (unpaired) electrons. The average Bonchev–Trinajstić information content (AvgIpc) is 2.88. The number of urea groups is 1. The summed E-state index contributed by atoms with van der Waals surface area (Å²) in [5.41, 5.74) is 0. The summed E-state index contributed by atoms with van der Waals surface area (Å²) in [6, 6.07) is -0.326. The summed E-state index contributed by atoms with van der Waals surface area (Å²) in [7, 11) is 3.08. The lowest BCUT2D eigenvalue weighted by Crippen LogP contribution is -2.51. The van der Waals surface area contributed by atoms with E-state index < -0.39 is 18.6 Å². The molecule has 2 aliphatic rings. The van der Waals surface area contributed by atoms with E-state index in [2.05, 4.69) is 0 Å². The monoisotopic (exact) mass is 304 g/mol. The summed E-state index contributed by atoms with van der Waals surface area (Å²) >= 11 is 0. The van der Waals surface area contributed by atoms with Gasteiger partial charge in [0, 0.05) is 14.2 Å². The lowest BCUT2D eigenvalue weighted by molar-refractivity contribution is -0.0672. The van der Waals surface area contributed by atoms with Crippen LogP contribution in [-0.4, -0.2) is 95.0 Å². The van der Waals surface area contributed by atoms with E-state index in [4.69, 9.17) is 9.47 Å². The van der Waals surface area contributed by atoms with Gasteiger partial charge in [-0.3, -0.25) is 9.80 Å². The molecule has 2 aliphatic heterocycles. The van der Waals surface area contributed by atoms with Crippen LogP contribution in [0.15, 0.2) is 0 Å². The number of methoxy groups -OCH3 is 2. The fourth-order valence-electron chi connectivity index (χ4n) is 3.05. The van der Waals surface area contributed by atoms with Gasteiger partial charge in [0.25, 0.3) is 0 Å². The number of aliphatic hydroxyl groups is 2. The molecular formula is C12H24N4O5. The van der Waals surface area contributed by atoms with Gasteiger partial charge in [-0.2, -0.15) is 0 Å². The highest BCUT2D eigenvalue weighted by Gasteiger charge is 2.57. The van der Waals surface area contributed by atoms with Crippen molar-refractivity contribution < 1.29 is 24.5 Å². The zero-order valence-corrected chi connectivity index (χ0v) is 12.8. The number of nitrogens with zero attached hydrogens (tertiary/aromatic N) is 4. The second-order valence-corrected chi connectivity index (χ2v) is 5.33. The maximum atomic E-state index is 12.5. The van der Waals surface area contributed by atoms with E-state index in [1.807, 2.05) is 4.90 Å². The van der Waals surface area contributed by atoms with E-state index in [-0.39, 0.29) is 18.9 Å². The van der Waals surface area contributed by atoms with Crippen LogP contribution in [0.2, 0.25) is 0 Å². The average molecular weight is 304 g/mol. The summed E-state index contributed by atoms with van der Waals surface area (Å²) in [4.78, 5) is 19.0. The normalized spacial score (nSPS) is 30.1. The minimum Gasteiger partial charge on any atom is -0.379 e. The number of rotatable bonds is 6. The molecular weight excluding hydrogens is 280 g/mol. The molecule has 0 spiro atoms.